The van der Waals surface area contributed by atoms with Crippen LogP contribution in [0.2, 0.25) is 0 Å². The highest BCUT2D eigenvalue weighted by Gasteiger charge is 2.38. The zero-order chi connectivity index (χ0) is 17.4. The Balaban J connectivity index is 2.47. The quantitative estimate of drug-likeness (QED) is 0.558. The van der Waals surface area contributed by atoms with Crippen molar-refractivity contribution < 1.29 is 28.0 Å². The van der Waals surface area contributed by atoms with E-state index in [1.165, 1.54) is 6.07 Å². The lowest BCUT2D eigenvalue weighted by Gasteiger charge is -2.18. The molecule has 1 atom stereocenters. The molecule has 0 spiro atoms. The number of carboxylic acids is 1. The van der Waals surface area contributed by atoms with E-state index in [0.29, 0.717) is 0 Å². The number of nitro benzene ring substituents is 1. The van der Waals surface area contributed by atoms with Crippen molar-refractivity contribution in [2.24, 2.45) is 11.1 Å². The summed E-state index contributed by atoms with van der Waals surface area (Å²) in [5, 5.41) is 25.3. The fourth-order valence-electron chi connectivity index (χ4n) is 2.57. The molecule has 0 radical (unpaired) electrons. The first kappa shape index (κ1) is 16.8. The molecule has 2 rings (SSSR count). The minimum Gasteiger partial charge on any atom is -0.478 e. The second kappa shape index (κ2) is 5.93. The summed E-state index contributed by atoms with van der Waals surface area (Å²) in [5.41, 5.74) is -1.27. The van der Waals surface area contributed by atoms with E-state index in [1.807, 2.05) is 0 Å². The molecule has 1 aliphatic rings. The van der Waals surface area contributed by atoms with Gasteiger partial charge in [0.15, 0.2) is 0 Å². The minimum absolute atomic E-state index is 0.152. The summed E-state index contributed by atoms with van der Waals surface area (Å²) >= 11 is 0. The lowest BCUT2D eigenvalue weighted by molar-refractivity contribution is -0.384. The highest BCUT2D eigenvalue weighted by molar-refractivity contribution is 7.89. The average molecular weight is 343 g/mol. The third-order valence-corrected chi connectivity index (χ3v) is 4.32. The van der Waals surface area contributed by atoms with Crippen LogP contribution in [-0.4, -0.2) is 42.6 Å². The molecule has 10 nitrogen and oxygen atoms in total. The number of amides is 1. The van der Waals surface area contributed by atoms with Crippen molar-refractivity contribution in [2.75, 3.05) is 17.2 Å². The molecule has 1 unspecified atom stereocenters. The van der Waals surface area contributed by atoms with Crippen molar-refractivity contribution in [1.82, 2.24) is 0 Å². The van der Waals surface area contributed by atoms with E-state index in [4.69, 9.17) is 5.14 Å². The number of nitro groups is 1. The summed E-state index contributed by atoms with van der Waals surface area (Å²) in [5.74, 6) is -3.13. The van der Waals surface area contributed by atoms with Gasteiger partial charge in [-0.1, -0.05) is 6.07 Å². The van der Waals surface area contributed by atoms with Gasteiger partial charge < -0.3 is 10.0 Å². The van der Waals surface area contributed by atoms with Crippen LogP contribution in [-0.2, 0) is 14.8 Å². The largest absolute Gasteiger partial charge is 0.478 e. The lowest BCUT2D eigenvalue weighted by atomic mass is 10.1. The molecular formula is C12H13N3O7S. The summed E-state index contributed by atoms with van der Waals surface area (Å²) < 4.78 is 22.3. The van der Waals surface area contributed by atoms with E-state index in [2.05, 4.69) is 0 Å². The molecule has 11 heteroatoms. The topological polar surface area (TPSA) is 161 Å². The maximum Gasteiger partial charge on any atom is 0.338 e. The van der Waals surface area contributed by atoms with Crippen LogP contribution in [0.4, 0.5) is 11.4 Å². The summed E-state index contributed by atoms with van der Waals surface area (Å²) in [4.78, 5) is 34.7. The van der Waals surface area contributed by atoms with Crippen LogP contribution < -0.4 is 10.0 Å². The Kier molecular flexibility index (Phi) is 4.34. The number of anilines is 1. The zero-order valence-corrected chi connectivity index (χ0v) is 12.5. The maximum absolute atomic E-state index is 12.1. The number of primary sulfonamides is 1. The average Bonchev–Trinajstić information content (AvgIpc) is 2.75. The molecule has 0 aromatic heterocycles. The van der Waals surface area contributed by atoms with Gasteiger partial charge in [-0.25, -0.2) is 18.4 Å². The van der Waals surface area contributed by atoms with E-state index < -0.39 is 49.7 Å². The van der Waals surface area contributed by atoms with Gasteiger partial charge in [0.25, 0.3) is 5.69 Å². The smallest absolute Gasteiger partial charge is 0.338 e. The predicted molar refractivity (Wildman–Crippen MR) is 78.5 cm³/mol. The van der Waals surface area contributed by atoms with E-state index in [9.17, 15) is 33.2 Å². The van der Waals surface area contributed by atoms with Gasteiger partial charge in [0.1, 0.15) is 5.69 Å². The minimum atomic E-state index is -3.82. The van der Waals surface area contributed by atoms with Crippen molar-refractivity contribution in [3.8, 4) is 0 Å². The van der Waals surface area contributed by atoms with Crippen molar-refractivity contribution in [2.45, 2.75) is 6.42 Å². The molecule has 0 saturated carbocycles. The second-order valence-corrected chi connectivity index (χ2v) is 6.80. The number of para-hydroxylation sites is 1. The summed E-state index contributed by atoms with van der Waals surface area (Å²) in [6.45, 7) is -0.152. The van der Waals surface area contributed by atoms with Crippen LogP contribution in [0.1, 0.15) is 16.8 Å². The standard InChI is InChI=1S/C12H13N3O7S/c13-23(21,22)6-7-4-10(16)14(5-7)11-8(12(17)18)2-1-3-9(11)15(19)20/h1-3,7H,4-6H2,(H,17,18)(H2,13,21,22). The van der Waals surface area contributed by atoms with E-state index in [1.54, 1.807) is 0 Å². The Hall–Kier alpha value is -2.53. The number of sulfonamides is 1. The molecule has 23 heavy (non-hydrogen) atoms. The van der Waals surface area contributed by atoms with E-state index in [-0.39, 0.29) is 18.7 Å². The summed E-state index contributed by atoms with van der Waals surface area (Å²) in [6, 6.07) is 3.43. The second-order valence-electron chi connectivity index (χ2n) is 5.14. The normalized spacial score (nSPS) is 18.2. The number of nitrogens with zero attached hydrogens (tertiary/aromatic N) is 2. The Morgan fingerprint density at radius 2 is 2.13 bits per heavy atom. The highest BCUT2D eigenvalue weighted by atomic mass is 32.2. The van der Waals surface area contributed by atoms with Crippen molar-refractivity contribution in [3.05, 3.63) is 33.9 Å². The fourth-order valence-corrected chi connectivity index (χ4v) is 3.45. The summed E-state index contributed by atoms with van der Waals surface area (Å²) in [7, 11) is -3.82. The van der Waals surface area contributed by atoms with Gasteiger partial charge in [0, 0.05) is 24.9 Å². The highest BCUT2D eigenvalue weighted by Crippen LogP contribution is 2.36. The van der Waals surface area contributed by atoms with Gasteiger partial charge in [0.2, 0.25) is 15.9 Å². The Labute approximate surface area is 130 Å². The Morgan fingerprint density at radius 1 is 1.48 bits per heavy atom. The number of aromatic carboxylic acids is 1. The third-order valence-electron chi connectivity index (χ3n) is 3.38. The van der Waals surface area contributed by atoms with Crippen LogP contribution in [0.15, 0.2) is 18.2 Å². The number of hydrogen-bond acceptors (Lipinski definition) is 6. The Bertz CT molecular complexity index is 758. The Morgan fingerprint density at radius 3 is 2.65 bits per heavy atom. The van der Waals surface area contributed by atoms with Gasteiger partial charge in [0.05, 0.1) is 16.2 Å². The van der Waals surface area contributed by atoms with Crippen molar-refractivity contribution >= 4 is 33.3 Å². The number of carbonyl (C=O) groups excluding carboxylic acids is 1. The first-order valence-electron chi connectivity index (χ1n) is 6.41. The van der Waals surface area contributed by atoms with Crippen LogP contribution in [0.25, 0.3) is 0 Å². The van der Waals surface area contributed by atoms with Crippen molar-refractivity contribution in [1.29, 1.82) is 0 Å². The molecule has 1 fully saturated rings. The zero-order valence-electron chi connectivity index (χ0n) is 11.7. The van der Waals surface area contributed by atoms with Crippen LogP contribution in [0, 0.1) is 16.0 Å². The fraction of sp³-hybridized carbons (Fsp3) is 0.333. The molecular weight excluding hydrogens is 330 g/mol. The molecule has 1 aliphatic heterocycles. The van der Waals surface area contributed by atoms with Gasteiger partial charge in [-0.05, 0) is 6.07 Å². The van der Waals surface area contributed by atoms with Crippen LogP contribution in [0.5, 0.6) is 0 Å². The van der Waals surface area contributed by atoms with E-state index >= 15 is 0 Å². The molecule has 0 bridgehead atoms. The van der Waals surface area contributed by atoms with Gasteiger partial charge in [-0.2, -0.15) is 0 Å². The molecule has 1 amide bonds. The first-order chi connectivity index (χ1) is 10.6. The maximum atomic E-state index is 12.1. The monoisotopic (exact) mass is 343 g/mol. The molecule has 1 heterocycles. The number of carbonyl (C=O) groups is 2. The molecule has 1 aromatic carbocycles. The van der Waals surface area contributed by atoms with Gasteiger partial charge in [-0.3, -0.25) is 14.9 Å². The number of rotatable bonds is 5. The number of carboxylic acid groups (broad SMARTS) is 1. The summed E-state index contributed by atoms with van der Waals surface area (Å²) in [6.07, 6.45) is -0.179. The predicted octanol–water partition coefficient (Wildman–Crippen LogP) is -0.0656. The van der Waals surface area contributed by atoms with Gasteiger partial charge >= 0.3 is 5.97 Å². The van der Waals surface area contributed by atoms with E-state index in [0.717, 1.165) is 17.0 Å². The SMILES string of the molecule is NS(=O)(=O)CC1CC(=O)N(c2c(C(=O)O)cccc2[N+](=O)[O-])C1. The van der Waals surface area contributed by atoms with Crippen molar-refractivity contribution in [3.63, 3.8) is 0 Å². The molecule has 1 aromatic rings. The molecule has 1 saturated heterocycles. The number of nitrogens with two attached hydrogens (primary N) is 1. The van der Waals surface area contributed by atoms with Crippen LogP contribution in [0.3, 0.4) is 0 Å². The first-order valence-corrected chi connectivity index (χ1v) is 8.13. The number of hydrogen-bond donors (Lipinski definition) is 2. The molecule has 3 N–H and O–H groups in total. The molecule has 0 aliphatic carbocycles. The number of benzene rings is 1. The van der Waals surface area contributed by atoms with Gasteiger partial charge in [-0.15, -0.1) is 0 Å². The lowest BCUT2D eigenvalue weighted by Crippen LogP contribution is -2.29. The molecule has 124 valence electrons. The van der Waals surface area contributed by atoms with Crippen LogP contribution >= 0.6 is 0 Å². The third kappa shape index (κ3) is 3.63.